The Morgan fingerprint density at radius 2 is 2.29 bits per heavy atom. The van der Waals surface area contributed by atoms with Crippen molar-refractivity contribution in [3.8, 4) is 0 Å². The van der Waals surface area contributed by atoms with E-state index in [9.17, 15) is 9.90 Å². The van der Waals surface area contributed by atoms with Gasteiger partial charge in [-0.05, 0) is 58.5 Å². The van der Waals surface area contributed by atoms with E-state index < -0.39 is 0 Å². The number of likely N-dealkylation sites (tertiary alicyclic amines) is 1. The quantitative estimate of drug-likeness (QED) is 0.698. The highest BCUT2D eigenvalue weighted by atomic mass is 16.5. The lowest BCUT2D eigenvalue weighted by Crippen LogP contribution is -2.33. The van der Waals surface area contributed by atoms with Gasteiger partial charge < -0.3 is 15.2 Å². The molecule has 0 aliphatic carbocycles. The molecule has 2 rings (SSSR count). The number of rotatable bonds is 7. The van der Waals surface area contributed by atoms with E-state index in [1.807, 2.05) is 6.92 Å². The first-order valence-corrected chi connectivity index (χ1v) is 8.18. The molecular weight excluding hydrogens is 268 g/mol. The number of carbonyl (C=O) groups excluding carboxylic acids is 1. The van der Waals surface area contributed by atoms with Crippen LogP contribution >= 0.6 is 0 Å². The molecule has 5 heteroatoms. The SMILES string of the molecule is CC1=C(C(=O)NCCCCN2CCCC2CO)CCCO1. The Hall–Kier alpha value is -1.07. The number of ether oxygens (including phenoxy) is 1. The second-order valence-electron chi connectivity index (χ2n) is 5.96. The Morgan fingerprint density at radius 1 is 1.43 bits per heavy atom. The molecule has 1 amide bonds. The molecule has 1 saturated heterocycles. The van der Waals surface area contributed by atoms with Gasteiger partial charge in [0.05, 0.1) is 18.8 Å². The molecule has 21 heavy (non-hydrogen) atoms. The molecule has 1 fully saturated rings. The number of unbranched alkanes of at least 4 members (excludes halogenated alkanes) is 1. The van der Waals surface area contributed by atoms with Gasteiger partial charge in [-0.1, -0.05) is 0 Å². The Balaban J connectivity index is 1.60. The van der Waals surface area contributed by atoms with Crippen LogP contribution in [0.15, 0.2) is 11.3 Å². The summed E-state index contributed by atoms with van der Waals surface area (Å²) in [5.41, 5.74) is 0.807. The van der Waals surface area contributed by atoms with Crippen LogP contribution in [-0.4, -0.2) is 54.8 Å². The fourth-order valence-electron chi connectivity index (χ4n) is 3.16. The van der Waals surface area contributed by atoms with Gasteiger partial charge in [-0.15, -0.1) is 0 Å². The zero-order valence-electron chi connectivity index (χ0n) is 13.1. The molecule has 120 valence electrons. The van der Waals surface area contributed by atoms with E-state index in [-0.39, 0.29) is 12.5 Å². The third-order valence-corrected chi connectivity index (χ3v) is 4.46. The van der Waals surface area contributed by atoms with Crippen molar-refractivity contribution in [1.82, 2.24) is 10.2 Å². The molecule has 0 aromatic carbocycles. The Morgan fingerprint density at radius 3 is 3.05 bits per heavy atom. The number of nitrogens with zero attached hydrogens (tertiary/aromatic N) is 1. The number of amides is 1. The maximum absolute atomic E-state index is 12.0. The van der Waals surface area contributed by atoms with Crippen LogP contribution in [0.3, 0.4) is 0 Å². The summed E-state index contributed by atoms with van der Waals surface area (Å²) < 4.78 is 5.42. The molecule has 2 aliphatic heterocycles. The maximum atomic E-state index is 12.0. The summed E-state index contributed by atoms with van der Waals surface area (Å²) in [6, 6.07) is 0.354. The van der Waals surface area contributed by atoms with Crippen LogP contribution < -0.4 is 5.32 Å². The van der Waals surface area contributed by atoms with Crippen LogP contribution in [0.2, 0.25) is 0 Å². The fourth-order valence-corrected chi connectivity index (χ4v) is 3.16. The van der Waals surface area contributed by atoms with Crippen molar-refractivity contribution in [3.63, 3.8) is 0 Å². The zero-order valence-corrected chi connectivity index (χ0v) is 13.1. The molecular formula is C16H28N2O3. The minimum absolute atomic E-state index is 0.0293. The first-order valence-electron chi connectivity index (χ1n) is 8.18. The predicted octanol–water partition coefficient (Wildman–Crippen LogP) is 1.42. The Bertz CT molecular complexity index is 382. The summed E-state index contributed by atoms with van der Waals surface area (Å²) >= 11 is 0. The predicted molar refractivity (Wildman–Crippen MR) is 81.8 cm³/mol. The number of hydrogen-bond acceptors (Lipinski definition) is 4. The summed E-state index contributed by atoms with van der Waals surface area (Å²) in [7, 11) is 0. The van der Waals surface area contributed by atoms with E-state index in [0.29, 0.717) is 12.6 Å². The molecule has 2 N–H and O–H groups in total. The van der Waals surface area contributed by atoms with Crippen LogP contribution in [0.25, 0.3) is 0 Å². The molecule has 0 aromatic heterocycles. The van der Waals surface area contributed by atoms with Crippen molar-refractivity contribution in [2.24, 2.45) is 0 Å². The molecule has 5 nitrogen and oxygen atoms in total. The van der Waals surface area contributed by atoms with E-state index >= 15 is 0 Å². The summed E-state index contributed by atoms with van der Waals surface area (Å²) in [6.07, 6.45) is 6.09. The topological polar surface area (TPSA) is 61.8 Å². The van der Waals surface area contributed by atoms with Crippen molar-refractivity contribution in [3.05, 3.63) is 11.3 Å². The Labute approximate surface area is 127 Å². The number of carbonyl (C=O) groups is 1. The summed E-state index contributed by atoms with van der Waals surface area (Å²) in [6.45, 7) is 5.70. The van der Waals surface area contributed by atoms with Gasteiger partial charge >= 0.3 is 0 Å². The highest BCUT2D eigenvalue weighted by Crippen LogP contribution is 2.19. The lowest BCUT2D eigenvalue weighted by atomic mass is 10.1. The van der Waals surface area contributed by atoms with Crippen molar-refractivity contribution in [2.75, 3.05) is 32.8 Å². The molecule has 0 bridgehead atoms. The highest BCUT2D eigenvalue weighted by Gasteiger charge is 2.22. The third-order valence-electron chi connectivity index (χ3n) is 4.46. The number of hydrogen-bond donors (Lipinski definition) is 2. The maximum Gasteiger partial charge on any atom is 0.250 e. The van der Waals surface area contributed by atoms with E-state index in [4.69, 9.17) is 4.74 Å². The summed E-state index contributed by atoms with van der Waals surface area (Å²) in [5.74, 6) is 0.809. The molecule has 2 heterocycles. The standard InChI is InChI=1S/C16H28N2O3/c1-13-15(7-5-11-21-13)16(20)17-8-2-3-9-18-10-4-6-14(18)12-19/h14,19H,2-12H2,1H3,(H,17,20). The first-order chi connectivity index (χ1) is 10.2. The molecule has 2 aliphatic rings. The van der Waals surface area contributed by atoms with Crippen molar-refractivity contribution in [1.29, 1.82) is 0 Å². The largest absolute Gasteiger partial charge is 0.498 e. The van der Waals surface area contributed by atoms with Crippen molar-refractivity contribution in [2.45, 2.75) is 51.5 Å². The van der Waals surface area contributed by atoms with E-state index in [2.05, 4.69) is 10.2 Å². The lowest BCUT2D eigenvalue weighted by molar-refractivity contribution is -0.118. The number of allylic oxidation sites excluding steroid dienone is 1. The van der Waals surface area contributed by atoms with E-state index in [1.54, 1.807) is 0 Å². The highest BCUT2D eigenvalue weighted by molar-refractivity contribution is 5.93. The van der Waals surface area contributed by atoms with Gasteiger partial charge in [-0.25, -0.2) is 0 Å². The van der Waals surface area contributed by atoms with Crippen LogP contribution in [0.5, 0.6) is 0 Å². The summed E-state index contributed by atoms with van der Waals surface area (Å²) in [5, 5.41) is 12.3. The van der Waals surface area contributed by atoms with Crippen LogP contribution in [-0.2, 0) is 9.53 Å². The van der Waals surface area contributed by atoms with Gasteiger partial charge in [0.2, 0.25) is 0 Å². The zero-order chi connectivity index (χ0) is 15.1. The normalized spacial score (nSPS) is 23.2. The second kappa shape index (κ2) is 8.39. The molecule has 1 unspecified atom stereocenters. The number of aliphatic hydroxyl groups excluding tert-OH is 1. The minimum atomic E-state index is 0.0293. The third kappa shape index (κ3) is 4.71. The molecule has 0 saturated carbocycles. The van der Waals surface area contributed by atoms with Crippen LogP contribution in [0.1, 0.15) is 45.4 Å². The average molecular weight is 296 g/mol. The lowest BCUT2D eigenvalue weighted by Gasteiger charge is -2.22. The van der Waals surface area contributed by atoms with Gasteiger partial charge in [-0.2, -0.15) is 0 Å². The number of aliphatic hydroxyl groups is 1. The van der Waals surface area contributed by atoms with E-state index in [0.717, 1.165) is 63.1 Å². The second-order valence-corrected chi connectivity index (χ2v) is 5.96. The molecule has 0 radical (unpaired) electrons. The van der Waals surface area contributed by atoms with Gasteiger partial charge in [0, 0.05) is 12.6 Å². The fraction of sp³-hybridized carbons (Fsp3) is 0.812. The smallest absolute Gasteiger partial charge is 0.250 e. The average Bonchev–Trinajstić information content (AvgIpc) is 2.94. The van der Waals surface area contributed by atoms with Gasteiger partial charge in [0.15, 0.2) is 0 Å². The van der Waals surface area contributed by atoms with Gasteiger partial charge in [0.25, 0.3) is 5.91 Å². The number of nitrogens with one attached hydrogen (secondary N) is 1. The van der Waals surface area contributed by atoms with Gasteiger partial charge in [-0.3, -0.25) is 9.69 Å². The Kier molecular flexibility index (Phi) is 6.51. The van der Waals surface area contributed by atoms with Crippen LogP contribution in [0.4, 0.5) is 0 Å². The van der Waals surface area contributed by atoms with Crippen molar-refractivity contribution < 1.29 is 14.6 Å². The van der Waals surface area contributed by atoms with E-state index in [1.165, 1.54) is 6.42 Å². The first kappa shape index (κ1) is 16.3. The van der Waals surface area contributed by atoms with Gasteiger partial charge in [0.1, 0.15) is 5.76 Å². The molecule has 0 spiro atoms. The molecule has 1 atom stereocenters. The minimum Gasteiger partial charge on any atom is -0.498 e. The molecule has 0 aromatic rings. The summed E-state index contributed by atoms with van der Waals surface area (Å²) in [4.78, 5) is 14.4. The van der Waals surface area contributed by atoms with Crippen molar-refractivity contribution >= 4 is 5.91 Å². The monoisotopic (exact) mass is 296 g/mol. The van der Waals surface area contributed by atoms with Crippen LogP contribution in [0, 0.1) is 0 Å².